The Kier molecular flexibility index (Phi) is 5.18. The van der Waals surface area contributed by atoms with Gasteiger partial charge < -0.3 is 14.8 Å². The summed E-state index contributed by atoms with van der Waals surface area (Å²) in [6.45, 7) is 2.36. The van der Waals surface area contributed by atoms with Gasteiger partial charge in [0.15, 0.2) is 0 Å². The van der Waals surface area contributed by atoms with Gasteiger partial charge in [-0.3, -0.25) is 4.79 Å². The molecule has 4 atom stereocenters. The van der Waals surface area contributed by atoms with Crippen LogP contribution < -0.4 is 5.32 Å². The number of ether oxygens (including phenoxy) is 2. The van der Waals surface area contributed by atoms with Crippen LogP contribution in [0.1, 0.15) is 25.3 Å². The fourth-order valence-corrected chi connectivity index (χ4v) is 3.65. The number of alkyl carbamates (subject to hydrolysis) is 1. The lowest BCUT2D eigenvalue weighted by atomic mass is 9.66. The molecule has 0 heterocycles. The number of allylic oxidation sites excluding steroid dienone is 1. The van der Waals surface area contributed by atoms with Crippen molar-refractivity contribution in [1.29, 1.82) is 0 Å². The van der Waals surface area contributed by atoms with E-state index in [0.717, 1.165) is 18.4 Å². The molecule has 1 N–H and O–H groups in total. The first-order valence-electron chi connectivity index (χ1n) is 8.51. The Balaban J connectivity index is 1.62. The summed E-state index contributed by atoms with van der Waals surface area (Å²) in [5.74, 6) is -0.259. The van der Waals surface area contributed by atoms with E-state index in [1.807, 2.05) is 30.3 Å². The van der Waals surface area contributed by atoms with E-state index in [-0.39, 0.29) is 36.4 Å². The molecule has 1 saturated carbocycles. The Bertz CT molecular complexity index is 613. The van der Waals surface area contributed by atoms with Crippen molar-refractivity contribution >= 4 is 12.1 Å². The second-order valence-electron chi connectivity index (χ2n) is 6.30. The largest absolute Gasteiger partial charge is 0.466 e. The van der Waals surface area contributed by atoms with E-state index in [1.54, 1.807) is 6.92 Å². The van der Waals surface area contributed by atoms with Gasteiger partial charge in [0.1, 0.15) is 6.61 Å². The van der Waals surface area contributed by atoms with Crippen LogP contribution in [-0.2, 0) is 20.9 Å². The van der Waals surface area contributed by atoms with Crippen molar-refractivity contribution in [3.63, 3.8) is 0 Å². The number of amides is 1. The second kappa shape index (κ2) is 7.51. The van der Waals surface area contributed by atoms with E-state index in [9.17, 15) is 9.59 Å². The minimum absolute atomic E-state index is 0.133. The van der Waals surface area contributed by atoms with Crippen LogP contribution >= 0.6 is 0 Å². The average molecular weight is 329 g/mol. The van der Waals surface area contributed by atoms with Gasteiger partial charge in [-0.1, -0.05) is 42.5 Å². The number of esters is 1. The molecule has 4 rings (SSSR count). The van der Waals surface area contributed by atoms with Gasteiger partial charge >= 0.3 is 12.1 Å². The quantitative estimate of drug-likeness (QED) is 0.666. The number of nitrogens with one attached hydrogen (secondary N) is 1. The Morgan fingerprint density at radius 1 is 1.08 bits per heavy atom. The van der Waals surface area contributed by atoms with Gasteiger partial charge in [0.2, 0.25) is 0 Å². The number of benzene rings is 1. The third-order valence-electron chi connectivity index (χ3n) is 4.80. The smallest absolute Gasteiger partial charge is 0.407 e. The Morgan fingerprint density at radius 3 is 2.46 bits per heavy atom. The number of fused-ring (bicyclic) bond motifs is 2. The fraction of sp³-hybridized carbons (Fsp3) is 0.474. The van der Waals surface area contributed by atoms with Gasteiger partial charge in [0.05, 0.1) is 18.6 Å². The predicted octanol–water partition coefficient (Wildman–Crippen LogP) is 3.06. The Morgan fingerprint density at radius 2 is 1.79 bits per heavy atom. The molecule has 0 saturated heterocycles. The maximum Gasteiger partial charge on any atom is 0.407 e. The number of carbonyl (C=O) groups excluding carboxylic acids is 2. The Labute approximate surface area is 142 Å². The molecule has 5 nitrogen and oxygen atoms in total. The van der Waals surface area contributed by atoms with Crippen molar-refractivity contribution in [2.24, 2.45) is 17.8 Å². The first kappa shape index (κ1) is 16.6. The van der Waals surface area contributed by atoms with Crippen LogP contribution in [0.4, 0.5) is 4.79 Å². The van der Waals surface area contributed by atoms with Crippen LogP contribution in [0.25, 0.3) is 0 Å². The highest BCUT2D eigenvalue weighted by Crippen LogP contribution is 2.41. The minimum atomic E-state index is -0.487. The molecule has 1 amide bonds. The molecule has 2 bridgehead atoms. The van der Waals surface area contributed by atoms with Gasteiger partial charge in [0.25, 0.3) is 0 Å². The van der Waals surface area contributed by atoms with Crippen LogP contribution in [0.5, 0.6) is 0 Å². The van der Waals surface area contributed by atoms with Gasteiger partial charge in [0, 0.05) is 0 Å². The molecule has 0 unspecified atom stereocenters. The number of hydrogen-bond acceptors (Lipinski definition) is 4. The summed E-state index contributed by atoms with van der Waals surface area (Å²) in [6, 6.07) is 9.27. The van der Waals surface area contributed by atoms with Crippen LogP contribution in [0, 0.1) is 17.8 Å². The fourth-order valence-electron chi connectivity index (χ4n) is 3.65. The lowest BCUT2D eigenvalue weighted by Crippen LogP contribution is -2.54. The van der Waals surface area contributed by atoms with Crippen molar-refractivity contribution in [3.8, 4) is 0 Å². The summed E-state index contributed by atoms with van der Waals surface area (Å²) < 4.78 is 10.5. The molecule has 0 radical (unpaired) electrons. The van der Waals surface area contributed by atoms with Crippen molar-refractivity contribution < 1.29 is 19.1 Å². The highest BCUT2D eigenvalue weighted by Gasteiger charge is 2.46. The molecular weight excluding hydrogens is 306 g/mol. The third kappa shape index (κ3) is 3.61. The molecule has 3 aliphatic carbocycles. The molecule has 0 spiro atoms. The average Bonchev–Trinajstić information content (AvgIpc) is 2.62. The lowest BCUT2D eigenvalue weighted by Gasteiger charge is -2.43. The molecule has 0 aliphatic heterocycles. The molecule has 0 aromatic heterocycles. The number of carbonyl (C=O) groups is 2. The van der Waals surface area contributed by atoms with Crippen molar-refractivity contribution in [1.82, 2.24) is 5.32 Å². The van der Waals surface area contributed by atoms with E-state index < -0.39 is 6.09 Å². The van der Waals surface area contributed by atoms with E-state index >= 15 is 0 Å². The maximum absolute atomic E-state index is 12.3. The summed E-state index contributed by atoms with van der Waals surface area (Å²) in [7, 11) is 0. The molecule has 1 aromatic rings. The van der Waals surface area contributed by atoms with Crippen molar-refractivity contribution in [3.05, 3.63) is 48.0 Å². The molecule has 24 heavy (non-hydrogen) atoms. The highest BCUT2D eigenvalue weighted by atomic mass is 16.5. The first-order chi connectivity index (χ1) is 11.7. The van der Waals surface area contributed by atoms with Gasteiger partial charge in [-0.05, 0) is 37.2 Å². The zero-order valence-electron chi connectivity index (χ0n) is 13.8. The molecular formula is C19H23NO4. The van der Waals surface area contributed by atoms with E-state index in [0.29, 0.717) is 6.61 Å². The minimum Gasteiger partial charge on any atom is -0.466 e. The van der Waals surface area contributed by atoms with Crippen LogP contribution in [0.3, 0.4) is 0 Å². The molecule has 1 fully saturated rings. The van der Waals surface area contributed by atoms with E-state index in [4.69, 9.17) is 9.47 Å². The first-order valence-corrected chi connectivity index (χ1v) is 8.51. The normalized spacial score (nSPS) is 27.5. The zero-order chi connectivity index (χ0) is 16.9. The summed E-state index contributed by atoms with van der Waals surface area (Å²) in [5.41, 5.74) is 0.930. The standard InChI is InChI=1S/C19H23NO4/c1-2-23-18(21)16-14-8-10-15(11-9-14)17(16)20-19(22)24-12-13-6-4-3-5-7-13/h3-8,10,14-17H,2,9,11-12H2,1H3,(H,20,22)/t14-,15+,16-,17-/m0/s1. The lowest BCUT2D eigenvalue weighted by molar-refractivity contribution is -0.152. The topological polar surface area (TPSA) is 64.6 Å². The predicted molar refractivity (Wildman–Crippen MR) is 89.0 cm³/mol. The maximum atomic E-state index is 12.3. The molecule has 5 heteroatoms. The third-order valence-corrected chi connectivity index (χ3v) is 4.80. The summed E-state index contributed by atoms with van der Waals surface area (Å²) in [4.78, 5) is 24.5. The number of rotatable bonds is 5. The van der Waals surface area contributed by atoms with Gasteiger partial charge in [-0.25, -0.2) is 4.79 Å². The van der Waals surface area contributed by atoms with Crippen molar-refractivity contribution in [2.45, 2.75) is 32.4 Å². The summed E-state index contributed by atoms with van der Waals surface area (Å²) in [6.07, 6.45) is 5.64. The van der Waals surface area contributed by atoms with Crippen LogP contribution in [0.2, 0.25) is 0 Å². The van der Waals surface area contributed by atoms with Crippen LogP contribution in [0.15, 0.2) is 42.5 Å². The van der Waals surface area contributed by atoms with E-state index in [1.165, 1.54) is 0 Å². The zero-order valence-corrected chi connectivity index (χ0v) is 13.8. The highest BCUT2D eigenvalue weighted by molar-refractivity contribution is 5.76. The van der Waals surface area contributed by atoms with Crippen LogP contribution in [-0.4, -0.2) is 24.7 Å². The molecule has 1 aromatic carbocycles. The van der Waals surface area contributed by atoms with Crippen molar-refractivity contribution in [2.75, 3.05) is 6.61 Å². The summed E-state index contributed by atoms with van der Waals surface area (Å²) >= 11 is 0. The SMILES string of the molecule is CCOC(=O)[C@@H]1[C@@H](NC(=O)OCc2ccccc2)[C@@H]2C=C[C@H]1CC2. The molecule has 128 valence electrons. The second-order valence-corrected chi connectivity index (χ2v) is 6.30. The van der Waals surface area contributed by atoms with Gasteiger partial charge in [-0.2, -0.15) is 0 Å². The summed E-state index contributed by atoms with van der Waals surface area (Å²) in [5, 5.41) is 2.90. The Hall–Kier alpha value is -2.30. The van der Waals surface area contributed by atoms with Gasteiger partial charge in [-0.15, -0.1) is 0 Å². The molecule has 3 aliphatic rings. The monoisotopic (exact) mass is 329 g/mol. The number of hydrogen-bond donors (Lipinski definition) is 1. The van der Waals surface area contributed by atoms with E-state index in [2.05, 4.69) is 17.5 Å².